The molecule has 9 heteroatoms. The molecule has 0 radical (unpaired) electrons. The van der Waals surface area contributed by atoms with Crippen LogP contribution in [0.1, 0.15) is 47.8 Å². The van der Waals surface area contributed by atoms with Crippen LogP contribution in [-0.2, 0) is 16.3 Å². The van der Waals surface area contributed by atoms with Gasteiger partial charge in [0.25, 0.3) is 0 Å². The van der Waals surface area contributed by atoms with Gasteiger partial charge in [-0.15, -0.1) is 0 Å². The number of pyridine rings is 1. The molecule has 27 heavy (non-hydrogen) atoms. The van der Waals surface area contributed by atoms with Crippen molar-refractivity contribution < 1.29 is 25.8 Å². The molecule has 2 aliphatic rings. The lowest BCUT2D eigenvalue weighted by molar-refractivity contribution is -0.137. The Hall–Kier alpha value is -2.29. The summed E-state index contributed by atoms with van der Waals surface area (Å²) in [6.07, 6.45) is 0.718. The molecule has 1 aromatic carbocycles. The summed E-state index contributed by atoms with van der Waals surface area (Å²) in [6, 6.07) is 4.95. The average molecular weight is 398 g/mol. The molecule has 4 rings (SSSR count). The second-order valence-electron chi connectivity index (χ2n) is 7.00. The van der Waals surface area contributed by atoms with E-state index in [1.807, 2.05) is 0 Å². The number of anilines is 2. The highest BCUT2D eigenvalue weighted by molar-refractivity contribution is 7.86. The highest BCUT2D eigenvalue weighted by Crippen LogP contribution is 2.57. The van der Waals surface area contributed by atoms with Crippen molar-refractivity contribution in [2.24, 2.45) is 0 Å². The van der Waals surface area contributed by atoms with Crippen LogP contribution in [0.3, 0.4) is 0 Å². The van der Waals surface area contributed by atoms with E-state index in [0.29, 0.717) is 11.4 Å². The first kappa shape index (κ1) is 18.1. The van der Waals surface area contributed by atoms with Crippen LogP contribution in [0.25, 0.3) is 0 Å². The van der Waals surface area contributed by atoms with E-state index in [0.717, 1.165) is 48.8 Å². The molecule has 5 nitrogen and oxygen atoms in total. The van der Waals surface area contributed by atoms with Gasteiger partial charge >= 0.3 is 16.3 Å². The molecule has 1 saturated carbocycles. The molecular formula is C18H17F3N2O3S. The summed E-state index contributed by atoms with van der Waals surface area (Å²) in [7, 11) is -3.72. The van der Waals surface area contributed by atoms with E-state index < -0.39 is 21.9 Å². The van der Waals surface area contributed by atoms with Crippen LogP contribution in [0.5, 0.6) is 5.88 Å². The van der Waals surface area contributed by atoms with Crippen LogP contribution in [-0.4, -0.2) is 19.7 Å². The van der Waals surface area contributed by atoms with Gasteiger partial charge in [-0.25, -0.2) is 4.98 Å². The van der Waals surface area contributed by atoms with Crippen LogP contribution in [0.4, 0.5) is 24.5 Å². The number of fused-ring (bicyclic) bond motifs is 5. The minimum Gasteiger partial charge on any atom is -0.361 e. The molecule has 1 heterocycles. The Morgan fingerprint density at radius 2 is 1.89 bits per heavy atom. The monoisotopic (exact) mass is 398 g/mol. The van der Waals surface area contributed by atoms with Gasteiger partial charge in [-0.1, -0.05) is 6.07 Å². The van der Waals surface area contributed by atoms with Gasteiger partial charge < -0.3 is 9.50 Å². The van der Waals surface area contributed by atoms with E-state index in [1.165, 1.54) is 12.3 Å². The first-order valence-electron chi connectivity index (χ1n) is 8.48. The molecule has 2 atom stereocenters. The maximum atomic E-state index is 12.9. The van der Waals surface area contributed by atoms with Gasteiger partial charge in [-0.05, 0) is 54.9 Å². The first-order valence-corrected chi connectivity index (χ1v) is 10.3. The fourth-order valence-electron chi connectivity index (χ4n) is 4.10. The van der Waals surface area contributed by atoms with E-state index >= 15 is 0 Å². The van der Waals surface area contributed by atoms with Gasteiger partial charge in [0, 0.05) is 11.3 Å². The van der Waals surface area contributed by atoms with Crippen molar-refractivity contribution >= 4 is 21.5 Å². The number of nitrogens with zero attached hydrogens (tertiary/aromatic N) is 1. The molecule has 0 amide bonds. The third-order valence-electron chi connectivity index (χ3n) is 5.07. The van der Waals surface area contributed by atoms with Crippen molar-refractivity contribution in [3.05, 3.63) is 47.2 Å². The quantitative estimate of drug-likeness (QED) is 0.766. The predicted octanol–water partition coefficient (Wildman–Crippen LogP) is 4.55. The number of rotatable bonds is 4. The minimum absolute atomic E-state index is 0.0780. The highest BCUT2D eigenvalue weighted by atomic mass is 32.2. The zero-order valence-corrected chi connectivity index (χ0v) is 15.2. The maximum absolute atomic E-state index is 12.9. The van der Waals surface area contributed by atoms with Crippen molar-refractivity contribution in [1.82, 2.24) is 4.98 Å². The molecule has 2 aromatic rings. The number of halogens is 3. The van der Waals surface area contributed by atoms with E-state index in [2.05, 4.69) is 10.3 Å². The summed E-state index contributed by atoms with van der Waals surface area (Å²) in [4.78, 5) is 4.14. The number of alkyl halides is 3. The van der Waals surface area contributed by atoms with Gasteiger partial charge in [0.2, 0.25) is 5.88 Å². The highest BCUT2D eigenvalue weighted by Gasteiger charge is 2.42. The number of benzene rings is 1. The smallest absolute Gasteiger partial charge is 0.361 e. The molecule has 0 spiro atoms. The largest absolute Gasteiger partial charge is 0.416 e. The summed E-state index contributed by atoms with van der Waals surface area (Å²) < 4.78 is 66.9. The van der Waals surface area contributed by atoms with Crippen molar-refractivity contribution in [2.45, 2.75) is 37.3 Å². The SMILES string of the molecule is CS(=O)(=O)Oc1ncc(Nc2cccc(C(F)(F)F)c2)c2c1C1CCC2C1. The van der Waals surface area contributed by atoms with Crippen molar-refractivity contribution in [3.63, 3.8) is 0 Å². The zero-order chi connectivity index (χ0) is 19.4. The second-order valence-corrected chi connectivity index (χ2v) is 8.58. The van der Waals surface area contributed by atoms with Crippen molar-refractivity contribution in [3.8, 4) is 5.88 Å². The van der Waals surface area contributed by atoms with Gasteiger partial charge in [0.1, 0.15) is 0 Å². The number of hydrogen-bond donors (Lipinski definition) is 1. The van der Waals surface area contributed by atoms with Gasteiger partial charge in [0.15, 0.2) is 0 Å². The Morgan fingerprint density at radius 1 is 1.19 bits per heavy atom. The van der Waals surface area contributed by atoms with Gasteiger partial charge in [-0.3, -0.25) is 0 Å². The average Bonchev–Trinajstić information content (AvgIpc) is 3.17. The van der Waals surface area contributed by atoms with Crippen LogP contribution < -0.4 is 9.50 Å². The summed E-state index contributed by atoms with van der Waals surface area (Å²) in [5.41, 5.74) is 1.81. The fourth-order valence-corrected chi connectivity index (χ4v) is 4.52. The van der Waals surface area contributed by atoms with Crippen molar-refractivity contribution in [2.75, 3.05) is 11.6 Å². The molecule has 1 aromatic heterocycles. The van der Waals surface area contributed by atoms with Gasteiger partial charge in [-0.2, -0.15) is 21.6 Å². The van der Waals surface area contributed by atoms with Gasteiger partial charge in [0.05, 0.1) is 23.7 Å². The van der Waals surface area contributed by atoms with E-state index in [4.69, 9.17) is 4.18 Å². The molecule has 1 N–H and O–H groups in total. The Bertz CT molecular complexity index is 1010. The van der Waals surface area contributed by atoms with E-state index in [9.17, 15) is 21.6 Å². The van der Waals surface area contributed by atoms with Crippen molar-refractivity contribution in [1.29, 1.82) is 0 Å². The van der Waals surface area contributed by atoms with Crippen LogP contribution in [0.15, 0.2) is 30.5 Å². The number of hydrogen-bond acceptors (Lipinski definition) is 5. The van der Waals surface area contributed by atoms with E-state index in [1.54, 1.807) is 6.07 Å². The summed E-state index contributed by atoms with van der Waals surface area (Å²) in [6.45, 7) is 0. The maximum Gasteiger partial charge on any atom is 0.416 e. The molecule has 2 bridgehead atoms. The Balaban J connectivity index is 1.73. The second kappa shape index (κ2) is 6.12. The molecule has 2 unspecified atom stereocenters. The first-order chi connectivity index (χ1) is 12.6. The topological polar surface area (TPSA) is 68.3 Å². The lowest BCUT2D eigenvalue weighted by atomic mass is 9.91. The normalized spacial score (nSPS) is 21.2. The lowest BCUT2D eigenvalue weighted by Crippen LogP contribution is -2.12. The Morgan fingerprint density at radius 3 is 2.56 bits per heavy atom. The Labute approximate surface area is 154 Å². The lowest BCUT2D eigenvalue weighted by Gasteiger charge is -2.21. The number of aromatic nitrogens is 1. The van der Waals surface area contributed by atoms with Crippen LogP contribution in [0, 0.1) is 0 Å². The summed E-state index contributed by atoms with van der Waals surface area (Å²) in [5.74, 6) is 0.468. The summed E-state index contributed by atoms with van der Waals surface area (Å²) in [5, 5.41) is 3.02. The number of nitrogens with one attached hydrogen (secondary N) is 1. The third kappa shape index (κ3) is 3.47. The summed E-state index contributed by atoms with van der Waals surface area (Å²) >= 11 is 0. The molecule has 144 valence electrons. The fraction of sp³-hybridized carbons (Fsp3) is 0.389. The molecule has 0 aliphatic heterocycles. The predicted molar refractivity (Wildman–Crippen MR) is 93.8 cm³/mol. The Kier molecular flexibility index (Phi) is 4.10. The van der Waals surface area contributed by atoms with Crippen LogP contribution >= 0.6 is 0 Å². The molecule has 2 aliphatic carbocycles. The molecule has 1 fully saturated rings. The van der Waals surface area contributed by atoms with Crippen LogP contribution in [0.2, 0.25) is 0 Å². The molecule has 0 saturated heterocycles. The third-order valence-corrected chi connectivity index (χ3v) is 5.53. The zero-order valence-electron chi connectivity index (χ0n) is 14.4. The minimum atomic E-state index is -4.43. The molecular weight excluding hydrogens is 381 g/mol. The standard InChI is InChI=1S/C18H17F3N2O3S/c1-27(24,25)26-17-16-11-6-5-10(7-11)15(16)14(9-22-17)23-13-4-2-3-12(8-13)18(19,20)21/h2-4,8-11,23H,5-7H2,1H3. The van der Waals surface area contributed by atoms with E-state index in [-0.39, 0.29) is 17.7 Å².